The molecule has 3 heterocycles. The van der Waals surface area contributed by atoms with Gasteiger partial charge in [0.25, 0.3) is 0 Å². The van der Waals surface area contributed by atoms with E-state index in [1.54, 1.807) is 11.3 Å². The molecule has 0 atom stereocenters. The van der Waals surface area contributed by atoms with Crippen LogP contribution in [0.5, 0.6) is 0 Å². The first kappa shape index (κ1) is 31.5. The Balaban J connectivity index is 0.996. The first-order valence-electron chi connectivity index (χ1n) is 18.8. The molecule has 0 aliphatic carbocycles. The van der Waals surface area contributed by atoms with Gasteiger partial charge in [0.2, 0.25) is 0 Å². The fourth-order valence-electron chi connectivity index (χ4n) is 8.49. The number of fused-ring (bicyclic) bond motifs is 12. The minimum Gasteiger partial charge on any atom is -0.208 e. The zero-order valence-electron chi connectivity index (χ0n) is 29.9. The van der Waals surface area contributed by atoms with E-state index in [1.807, 2.05) is 29.5 Å². The molecule has 0 bridgehead atoms. The summed E-state index contributed by atoms with van der Waals surface area (Å²) in [5, 5.41) is 12.6. The van der Waals surface area contributed by atoms with E-state index in [9.17, 15) is 0 Å². The van der Waals surface area contributed by atoms with Crippen LogP contribution in [0, 0.1) is 0 Å². The van der Waals surface area contributed by atoms with Gasteiger partial charge >= 0.3 is 0 Å². The van der Waals surface area contributed by atoms with Gasteiger partial charge in [0.15, 0.2) is 17.5 Å². The van der Waals surface area contributed by atoms with Crippen molar-refractivity contribution in [3.8, 4) is 45.3 Å². The second-order valence-electron chi connectivity index (χ2n) is 14.3. The average Bonchev–Trinajstić information content (AvgIpc) is 3.84. The number of thiophene rings is 2. The monoisotopic (exact) mass is 747 g/mol. The van der Waals surface area contributed by atoms with Crippen LogP contribution in [-0.4, -0.2) is 15.0 Å². The predicted octanol–water partition coefficient (Wildman–Crippen LogP) is 14.7. The molecule has 0 spiro atoms. The minimum absolute atomic E-state index is 0.666. The van der Waals surface area contributed by atoms with Crippen LogP contribution in [0.15, 0.2) is 176 Å². The third-order valence-electron chi connectivity index (χ3n) is 11.1. The Labute approximate surface area is 329 Å². The predicted molar refractivity (Wildman–Crippen MR) is 240 cm³/mol. The summed E-state index contributed by atoms with van der Waals surface area (Å²) < 4.78 is 4.95. The van der Waals surface area contributed by atoms with E-state index < -0.39 is 0 Å². The fraction of sp³-hybridized carbons (Fsp3) is 0. The Kier molecular flexibility index (Phi) is 6.97. The third-order valence-corrected chi connectivity index (χ3v) is 13.4. The lowest BCUT2D eigenvalue weighted by atomic mass is 9.92. The standard InChI is InChI=1S/C51H29N3S2/c1-2-11-30(12-3-1)49-52-50(54-51(53-49)41-18-10-20-46-48(41)40-17-8-9-19-44(40)55-46)33-22-25-39-43-28-32(23-26-45(43)56-47(39)29-33)31-21-24-38-36-15-5-4-13-34(36)35-14-6-7-16-37(35)42(38)27-31/h1-29H. The van der Waals surface area contributed by atoms with Gasteiger partial charge in [0.05, 0.1) is 0 Å². The lowest BCUT2D eigenvalue weighted by Gasteiger charge is -2.12. The normalized spacial score (nSPS) is 11.9. The maximum absolute atomic E-state index is 5.20. The molecule has 5 heteroatoms. The van der Waals surface area contributed by atoms with E-state index in [0.29, 0.717) is 17.5 Å². The molecule has 0 aliphatic rings. The van der Waals surface area contributed by atoms with Gasteiger partial charge < -0.3 is 0 Å². The molecule has 0 radical (unpaired) electrons. The summed E-state index contributed by atoms with van der Waals surface area (Å²) in [6, 6.07) is 63.3. The maximum Gasteiger partial charge on any atom is 0.164 e. The molecule has 0 fully saturated rings. The number of benzene rings is 9. The highest BCUT2D eigenvalue weighted by Crippen LogP contribution is 2.42. The molecule has 9 aromatic carbocycles. The molecule has 56 heavy (non-hydrogen) atoms. The number of aromatic nitrogens is 3. The van der Waals surface area contributed by atoms with Crippen molar-refractivity contribution in [2.75, 3.05) is 0 Å². The van der Waals surface area contributed by atoms with Crippen LogP contribution in [0.25, 0.3) is 118 Å². The van der Waals surface area contributed by atoms with E-state index >= 15 is 0 Å². The minimum atomic E-state index is 0.666. The maximum atomic E-state index is 5.20. The molecule has 0 amide bonds. The average molecular weight is 748 g/mol. The van der Waals surface area contributed by atoms with Crippen LogP contribution in [0.1, 0.15) is 0 Å². The Morgan fingerprint density at radius 2 is 0.786 bits per heavy atom. The molecule has 12 rings (SSSR count). The van der Waals surface area contributed by atoms with Crippen molar-refractivity contribution >= 4 is 95.3 Å². The molecule has 3 aromatic heterocycles. The van der Waals surface area contributed by atoms with Gasteiger partial charge in [-0.15, -0.1) is 22.7 Å². The summed E-state index contributed by atoms with van der Waals surface area (Å²) in [4.78, 5) is 15.4. The second-order valence-corrected chi connectivity index (χ2v) is 16.5. The zero-order valence-corrected chi connectivity index (χ0v) is 31.5. The number of hydrogen-bond acceptors (Lipinski definition) is 5. The Hall–Kier alpha value is -6.79. The van der Waals surface area contributed by atoms with Crippen molar-refractivity contribution in [1.82, 2.24) is 15.0 Å². The van der Waals surface area contributed by atoms with Gasteiger partial charge in [-0.1, -0.05) is 140 Å². The Bertz CT molecular complexity index is 3510. The summed E-state index contributed by atoms with van der Waals surface area (Å²) >= 11 is 3.62. The molecular formula is C51H29N3S2. The van der Waals surface area contributed by atoms with Crippen molar-refractivity contribution in [3.05, 3.63) is 176 Å². The molecule has 3 nitrogen and oxygen atoms in total. The molecule has 12 aromatic rings. The van der Waals surface area contributed by atoms with Crippen LogP contribution in [0.3, 0.4) is 0 Å². The van der Waals surface area contributed by atoms with Crippen LogP contribution in [0.4, 0.5) is 0 Å². The smallest absolute Gasteiger partial charge is 0.164 e. The van der Waals surface area contributed by atoms with Gasteiger partial charge in [0.1, 0.15) is 0 Å². The molecule has 0 unspecified atom stereocenters. The SMILES string of the molecule is c1ccc(-c2nc(-c3ccc4c(c3)sc3ccc(-c5ccc6c7ccccc7c7ccccc7c6c5)cc34)nc(-c3cccc4sc5ccccc5c34)n2)cc1. The van der Waals surface area contributed by atoms with E-state index in [1.165, 1.54) is 83.8 Å². The van der Waals surface area contributed by atoms with Crippen LogP contribution >= 0.6 is 22.7 Å². The van der Waals surface area contributed by atoms with Crippen LogP contribution < -0.4 is 0 Å². The van der Waals surface area contributed by atoms with Crippen molar-refractivity contribution < 1.29 is 0 Å². The molecule has 0 N–H and O–H groups in total. The van der Waals surface area contributed by atoms with Gasteiger partial charge in [-0.25, -0.2) is 15.0 Å². The molecule has 0 aliphatic heterocycles. The second kappa shape index (κ2) is 12.4. The lowest BCUT2D eigenvalue weighted by molar-refractivity contribution is 1.08. The fourth-order valence-corrected chi connectivity index (χ4v) is 10.7. The van der Waals surface area contributed by atoms with Crippen LogP contribution in [-0.2, 0) is 0 Å². The van der Waals surface area contributed by atoms with E-state index in [4.69, 9.17) is 15.0 Å². The first-order chi connectivity index (χ1) is 27.7. The van der Waals surface area contributed by atoms with Crippen molar-refractivity contribution in [2.24, 2.45) is 0 Å². The molecule has 0 saturated heterocycles. The highest BCUT2D eigenvalue weighted by atomic mass is 32.1. The summed E-state index contributed by atoms with van der Waals surface area (Å²) in [7, 11) is 0. The van der Waals surface area contributed by atoms with Crippen molar-refractivity contribution in [1.29, 1.82) is 0 Å². The number of rotatable bonds is 4. The van der Waals surface area contributed by atoms with Gasteiger partial charge in [-0.2, -0.15) is 0 Å². The van der Waals surface area contributed by atoms with Gasteiger partial charge in [-0.3, -0.25) is 0 Å². The van der Waals surface area contributed by atoms with Gasteiger partial charge in [0, 0.05) is 57.0 Å². The number of nitrogens with zero attached hydrogens (tertiary/aromatic N) is 3. The van der Waals surface area contributed by atoms with Gasteiger partial charge in [-0.05, 0) is 79.8 Å². The van der Waals surface area contributed by atoms with E-state index in [0.717, 1.165) is 16.7 Å². The molecule has 0 saturated carbocycles. The summed E-state index contributed by atoms with van der Waals surface area (Å²) in [5.41, 5.74) is 5.39. The third kappa shape index (κ3) is 4.92. The summed E-state index contributed by atoms with van der Waals surface area (Å²) in [5.74, 6) is 2.01. The Morgan fingerprint density at radius 3 is 1.55 bits per heavy atom. The first-order valence-corrected chi connectivity index (χ1v) is 20.4. The van der Waals surface area contributed by atoms with E-state index in [-0.39, 0.29) is 0 Å². The van der Waals surface area contributed by atoms with E-state index in [2.05, 4.69) is 158 Å². The van der Waals surface area contributed by atoms with Crippen molar-refractivity contribution in [2.45, 2.75) is 0 Å². The number of hydrogen-bond donors (Lipinski definition) is 0. The lowest BCUT2D eigenvalue weighted by Crippen LogP contribution is -2.00. The highest BCUT2D eigenvalue weighted by Gasteiger charge is 2.18. The van der Waals surface area contributed by atoms with Crippen LogP contribution in [0.2, 0.25) is 0 Å². The quantitative estimate of drug-likeness (QED) is 0.168. The Morgan fingerprint density at radius 1 is 0.268 bits per heavy atom. The largest absolute Gasteiger partial charge is 0.208 e. The highest BCUT2D eigenvalue weighted by molar-refractivity contribution is 7.26. The molecule has 260 valence electrons. The zero-order chi connectivity index (χ0) is 36.7. The molecular weight excluding hydrogens is 719 g/mol. The van der Waals surface area contributed by atoms with Crippen molar-refractivity contribution in [3.63, 3.8) is 0 Å². The summed E-state index contributed by atoms with van der Waals surface area (Å²) in [6.45, 7) is 0. The topological polar surface area (TPSA) is 38.7 Å². The summed E-state index contributed by atoms with van der Waals surface area (Å²) in [6.07, 6.45) is 0.